The van der Waals surface area contributed by atoms with Crippen LogP contribution in [0.25, 0.3) is 0 Å². The molecule has 0 radical (unpaired) electrons. The van der Waals surface area contributed by atoms with Crippen LogP contribution in [0.3, 0.4) is 0 Å². The Hall–Kier alpha value is -1.49. The molecule has 0 spiro atoms. The van der Waals surface area contributed by atoms with Crippen molar-refractivity contribution in [3.8, 4) is 0 Å². The van der Waals surface area contributed by atoms with Gasteiger partial charge in [-0.2, -0.15) is 0 Å². The van der Waals surface area contributed by atoms with Gasteiger partial charge in [0, 0.05) is 13.2 Å². The smallest absolute Gasteiger partial charge is 0.232 e. The first kappa shape index (κ1) is 14.6. The zero-order chi connectivity index (χ0) is 13.5. The van der Waals surface area contributed by atoms with E-state index in [0.717, 1.165) is 12.1 Å². The molecule has 1 heterocycles. The van der Waals surface area contributed by atoms with E-state index < -0.39 is 0 Å². The van der Waals surface area contributed by atoms with Gasteiger partial charge in [0.1, 0.15) is 0 Å². The number of nitrogens with zero attached hydrogens (tertiary/aromatic N) is 2. The van der Waals surface area contributed by atoms with E-state index in [1.165, 1.54) is 0 Å². The third-order valence-electron chi connectivity index (χ3n) is 2.72. The number of hydrogen-bond acceptors (Lipinski definition) is 3. The number of pyridine rings is 1. The van der Waals surface area contributed by atoms with Crippen LogP contribution in [0.15, 0.2) is 24.4 Å². The fraction of sp³-hybridized carbons (Fsp3) is 0.462. The minimum Gasteiger partial charge on any atom is -0.393 e. The van der Waals surface area contributed by atoms with Crippen molar-refractivity contribution in [3.63, 3.8) is 0 Å². The maximum atomic E-state index is 12.2. The average molecular weight is 265 g/mol. The van der Waals surface area contributed by atoms with Gasteiger partial charge in [0.2, 0.25) is 5.91 Å². The highest BCUT2D eigenvalue weighted by molar-refractivity contribution is 7.80. The van der Waals surface area contributed by atoms with Crippen molar-refractivity contribution in [1.82, 2.24) is 9.88 Å². The maximum Gasteiger partial charge on any atom is 0.232 e. The summed E-state index contributed by atoms with van der Waals surface area (Å²) in [6.45, 7) is 2.49. The van der Waals surface area contributed by atoms with Crippen LogP contribution in [-0.2, 0) is 11.3 Å². The number of rotatable bonds is 6. The Kier molecular flexibility index (Phi) is 5.71. The van der Waals surface area contributed by atoms with E-state index in [4.69, 9.17) is 18.0 Å². The van der Waals surface area contributed by atoms with Gasteiger partial charge in [-0.1, -0.05) is 31.6 Å². The van der Waals surface area contributed by atoms with Crippen molar-refractivity contribution in [2.24, 2.45) is 11.7 Å². The summed E-state index contributed by atoms with van der Waals surface area (Å²) in [5, 5.41) is 0. The Labute approximate surface area is 113 Å². The maximum absolute atomic E-state index is 12.2. The summed E-state index contributed by atoms with van der Waals surface area (Å²) >= 11 is 4.96. The molecule has 0 saturated heterocycles. The van der Waals surface area contributed by atoms with Crippen LogP contribution in [0.1, 0.15) is 25.5 Å². The predicted molar refractivity (Wildman–Crippen MR) is 75.9 cm³/mol. The second-order valence-corrected chi connectivity index (χ2v) is 4.73. The van der Waals surface area contributed by atoms with Crippen molar-refractivity contribution >= 4 is 23.1 Å². The van der Waals surface area contributed by atoms with Gasteiger partial charge in [0.05, 0.1) is 23.1 Å². The van der Waals surface area contributed by atoms with Gasteiger partial charge in [-0.25, -0.2) is 0 Å². The van der Waals surface area contributed by atoms with Crippen molar-refractivity contribution in [2.45, 2.75) is 26.3 Å². The highest BCUT2D eigenvalue weighted by atomic mass is 32.1. The number of hydrogen-bond donors (Lipinski definition) is 1. The summed E-state index contributed by atoms with van der Waals surface area (Å²) in [6.07, 6.45) is 3.29. The highest BCUT2D eigenvalue weighted by Gasteiger charge is 2.23. The molecular formula is C13H19N3OS. The molecule has 0 bridgehead atoms. The fourth-order valence-corrected chi connectivity index (χ4v) is 1.97. The molecule has 18 heavy (non-hydrogen) atoms. The van der Waals surface area contributed by atoms with Crippen LogP contribution >= 0.6 is 12.2 Å². The SMILES string of the molecule is CCCC(C(=O)N(C)Cc1ccccn1)C(N)=S. The second kappa shape index (κ2) is 7.06. The average Bonchev–Trinajstić information content (AvgIpc) is 2.36. The molecule has 2 N–H and O–H groups in total. The summed E-state index contributed by atoms with van der Waals surface area (Å²) in [5.74, 6) is -0.395. The molecule has 98 valence electrons. The van der Waals surface area contributed by atoms with Gasteiger partial charge in [0.25, 0.3) is 0 Å². The Balaban J connectivity index is 2.67. The van der Waals surface area contributed by atoms with E-state index in [1.807, 2.05) is 25.1 Å². The quantitative estimate of drug-likeness (QED) is 0.796. The summed E-state index contributed by atoms with van der Waals surface area (Å²) in [6, 6.07) is 5.64. The van der Waals surface area contributed by atoms with Gasteiger partial charge in [-0.15, -0.1) is 0 Å². The third-order valence-corrected chi connectivity index (χ3v) is 3.00. The van der Waals surface area contributed by atoms with Crippen LogP contribution in [0, 0.1) is 5.92 Å². The van der Waals surface area contributed by atoms with E-state index in [9.17, 15) is 4.79 Å². The lowest BCUT2D eigenvalue weighted by Gasteiger charge is -2.22. The topological polar surface area (TPSA) is 59.2 Å². The molecule has 0 aromatic carbocycles. The zero-order valence-electron chi connectivity index (χ0n) is 10.8. The Morgan fingerprint density at radius 2 is 2.28 bits per heavy atom. The molecule has 1 atom stereocenters. The van der Waals surface area contributed by atoms with E-state index in [0.29, 0.717) is 13.0 Å². The van der Waals surface area contributed by atoms with Crippen molar-refractivity contribution in [1.29, 1.82) is 0 Å². The van der Waals surface area contributed by atoms with Crippen LogP contribution < -0.4 is 5.73 Å². The van der Waals surface area contributed by atoms with Gasteiger partial charge in [-0.05, 0) is 18.6 Å². The largest absolute Gasteiger partial charge is 0.393 e. The molecule has 0 fully saturated rings. The number of carbonyl (C=O) groups is 1. The second-order valence-electron chi connectivity index (χ2n) is 4.26. The molecule has 0 aliphatic heterocycles. The normalized spacial score (nSPS) is 11.9. The van der Waals surface area contributed by atoms with Gasteiger partial charge in [0.15, 0.2) is 0 Å². The zero-order valence-corrected chi connectivity index (χ0v) is 11.6. The summed E-state index contributed by atoms with van der Waals surface area (Å²) in [7, 11) is 1.75. The van der Waals surface area contributed by atoms with Gasteiger partial charge >= 0.3 is 0 Å². The summed E-state index contributed by atoms with van der Waals surface area (Å²) in [5.41, 5.74) is 6.48. The van der Waals surface area contributed by atoms with E-state index in [2.05, 4.69) is 4.98 Å². The summed E-state index contributed by atoms with van der Waals surface area (Å²) < 4.78 is 0. The van der Waals surface area contributed by atoms with Crippen LogP contribution in [0.5, 0.6) is 0 Å². The minimum atomic E-state index is -0.362. The molecule has 0 aliphatic rings. The molecule has 5 heteroatoms. The van der Waals surface area contributed by atoms with Crippen LogP contribution in [-0.4, -0.2) is 27.8 Å². The first-order valence-corrected chi connectivity index (χ1v) is 6.41. The van der Waals surface area contributed by atoms with E-state index in [-0.39, 0.29) is 16.8 Å². The lowest BCUT2D eigenvalue weighted by atomic mass is 10.0. The lowest BCUT2D eigenvalue weighted by molar-refractivity contribution is -0.132. The Morgan fingerprint density at radius 1 is 1.56 bits per heavy atom. The van der Waals surface area contributed by atoms with Crippen molar-refractivity contribution < 1.29 is 4.79 Å². The Morgan fingerprint density at radius 3 is 2.78 bits per heavy atom. The number of carbonyl (C=O) groups excluding carboxylic acids is 1. The molecule has 1 aromatic heterocycles. The Bertz CT molecular complexity index is 408. The number of amides is 1. The lowest BCUT2D eigenvalue weighted by Crippen LogP contribution is -2.38. The van der Waals surface area contributed by atoms with E-state index in [1.54, 1.807) is 18.1 Å². The predicted octanol–water partition coefficient (Wildman–Crippen LogP) is 1.74. The first-order valence-electron chi connectivity index (χ1n) is 6.00. The molecule has 1 unspecified atom stereocenters. The first-order chi connectivity index (χ1) is 8.56. The van der Waals surface area contributed by atoms with Crippen molar-refractivity contribution in [3.05, 3.63) is 30.1 Å². The van der Waals surface area contributed by atoms with E-state index >= 15 is 0 Å². The van der Waals surface area contributed by atoms with Crippen LogP contribution in [0.4, 0.5) is 0 Å². The molecule has 0 aliphatic carbocycles. The molecule has 4 nitrogen and oxygen atoms in total. The minimum absolute atomic E-state index is 0.0324. The van der Waals surface area contributed by atoms with Gasteiger partial charge in [-0.3, -0.25) is 9.78 Å². The van der Waals surface area contributed by atoms with Crippen LogP contribution in [0.2, 0.25) is 0 Å². The highest BCUT2D eigenvalue weighted by Crippen LogP contribution is 2.12. The molecule has 1 aromatic rings. The van der Waals surface area contributed by atoms with Crippen molar-refractivity contribution in [2.75, 3.05) is 7.05 Å². The molecule has 1 rings (SSSR count). The molecule has 0 saturated carbocycles. The molecular weight excluding hydrogens is 246 g/mol. The number of aromatic nitrogens is 1. The standard InChI is InChI=1S/C13H19N3OS/c1-3-6-11(12(14)18)13(17)16(2)9-10-7-4-5-8-15-10/h4-5,7-8,11H,3,6,9H2,1-2H3,(H2,14,18). The number of nitrogens with two attached hydrogens (primary N) is 1. The molecule has 1 amide bonds. The van der Waals surface area contributed by atoms with Gasteiger partial charge < -0.3 is 10.6 Å². The summed E-state index contributed by atoms with van der Waals surface area (Å²) in [4.78, 5) is 18.3. The fourth-order valence-electron chi connectivity index (χ4n) is 1.75. The number of thiocarbonyl (C=S) groups is 1. The third kappa shape index (κ3) is 4.07. The monoisotopic (exact) mass is 265 g/mol.